The maximum Gasteiger partial charge on any atom is 0.231 e. The molecule has 0 aliphatic carbocycles. The zero-order valence-corrected chi connectivity index (χ0v) is 15.1. The number of nitrogens with zero attached hydrogens (tertiary/aromatic N) is 4. The number of aromatic nitrogens is 3. The Morgan fingerprint density at radius 3 is 2.71 bits per heavy atom. The van der Waals surface area contributed by atoms with Crippen LogP contribution in [0.25, 0.3) is 11.0 Å². The number of fused-ring (bicyclic) bond motifs is 2. The SMILES string of the molecule is c1cncc(CN(Cc2ccc3c(c2)OCO3)Cc2cccc3nonc23)c1. The van der Waals surface area contributed by atoms with Gasteiger partial charge in [-0.3, -0.25) is 9.88 Å². The van der Waals surface area contributed by atoms with Crippen molar-refractivity contribution in [2.45, 2.75) is 19.6 Å². The molecular weight excluding hydrogens is 356 g/mol. The second-order valence-corrected chi connectivity index (χ2v) is 6.74. The zero-order valence-electron chi connectivity index (χ0n) is 15.1. The highest BCUT2D eigenvalue weighted by Gasteiger charge is 2.16. The van der Waals surface area contributed by atoms with Crippen molar-refractivity contribution in [2.75, 3.05) is 6.79 Å². The van der Waals surface area contributed by atoms with Crippen LogP contribution in [0.4, 0.5) is 0 Å². The van der Waals surface area contributed by atoms with E-state index in [9.17, 15) is 0 Å². The number of rotatable bonds is 6. The van der Waals surface area contributed by atoms with E-state index in [-0.39, 0.29) is 6.79 Å². The smallest absolute Gasteiger partial charge is 0.231 e. The Kier molecular flexibility index (Phi) is 4.34. The van der Waals surface area contributed by atoms with Crippen LogP contribution in [0.3, 0.4) is 0 Å². The zero-order chi connectivity index (χ0) is 18.8. The van der Waals surface area contributed by atoms with Gasteiger partial charge in [-0.2, -0.15) is 0 Å². The predicted octanol–water partition coefficient (Wildman–Crippen LogP) is 3.55. The molecule has 0 bridgehead atoms. The first-order valence-corrected chi connectivity index (χ1v) is 9.05. The van der Waals surface area contributed by atoms with Gasteiger partial charge in [-0.25, -0.2) is 4.63 Å². The van der Waals surface area contributed by atoms with Crippen LogP contribution in [0.2, 0.25) is 0 Å². The summed E-state index contributed by atoms with van der Waals surface area (Å²) < 4.78 is 15.9. The van der Waals surface area contributed by atoms with E-state index in [2.05, 4.69) is 38.4 Å². The standard InChI is InChI=1S/C21H18N4O3/c1-4-17(21-18(5-1)23-28-24-21)13-25(12-16-3-2-8-22-10-16)11-15-6-7-19-20(9-15)27-14-26-19/h1-10H,11-14H2. The normalized spacial score (nSPS) is 12.8. The lowest BCUT2D eigenvalue weighted by atomic mass is 10.1. The van der Waals surface area contributed by atoms with Crippen LogP contribution in [0.1, 0.15) is 16.7 Å². The van der Waals surface area contributed by atoms with Gasteiger partial charge in [0.1, 0.15) is 11.0 Å². The number of ether oxygens (including phenoxy) is 2. The first-order valence-electron chi connectivity index (χ1n) is 9.05. The van der Waals surface area contributed by atoms with Crippen molar-refractivity contribution in [2.24, 2.45) is 0 Å². The van der Waals surface area contributed by atoms with Gasteiger partial charge in [-0.15, -0.1) is 0 Å². The molecule has 2 aromatic carbocycles. The van der Waals surface area contributed by atoms with Crippen LogP contribution in [0, 0.1) is 0 Å². The van der Waals surface area contributed by atoms with Crippen molar-refractivity contribution in [3.8, 4) is 11.5 Å². The summed E-state index contributed by atoms with van der Waals surface area (Å²) >= 11 is 0. The van der Waals surface area contributed by atoms with Gasteiger partial charge in [0.25, 0.3) is 0 Å². The van der Waals surface area contributed by atoms with Crippen LogP contribution >= 0.6 is 0 Å². The van der Waals surface area contributed by atoms with E-state index in [4.69, 9.17) is 14.1 Å². The Bertz CT molecular complexity index is 1100. The Hall–Kier alpha value is -3.45. The summed E-state index contributed by atoms with van der Waals surface area (Å²) in [7, 11) is 0. The Morgan fingerprint density at radius 1 is 0.857 bits per heavy atom. The first-order chi connectivity index (χ1) is 13.8. The van der Waals surface area contributed by atoms with Crippen molar-refractivity contribution in [1.82, 2.24) is 20.2 Å². The van der Waals surface area contributed by atoms with Crippen molar-refractivity contribution >= 4 is 11.0 Å². The third-order valence-electron chi connectivity index (χ3n) is 4.74. The number of benzene rings is 2. The molecule has 7 nitrogen and oxygen atoms in total. The third kappa shape index (κ3) is 3.39. The highest BCUT2D eigenvalue weighted by atomic mass is 16.7. The van der Waals surface area contributed by atoms with E-state index in [1.54, 1.807) is 6.20 Å². The maximum absolute atomic E-state index is 5.52. The van der Waals surface area contributed by atoms with Crippen LogP contribution in [-0.4, -0.2) is 27.0 Å². The molecule has 0 unspecified atom stereocenters. The minimum Gasteiger partial charge on any atom is -0.454 e. The quantitative estimate of drug-likeness (QED) is 0.511. The Morgan fingerprint density at radius 2 is 1.79 bits per heavy atom. The largest absolute Gasteiger partial charge is 0.454 e. The van der Waals surface area contributed by atoms with E-state index in [1.807, 2.05) is 36.5 Å². The molecule has 0 saturated carbocycles. The first kappa shape index (κ1) is 16.7. The van der Waals surface area contributed by atoms with E-state index in [0.717, 1.165) is 52.3 Å². The molecule has 0 amide bonds. The molecule has 0 fully saturated rings. The lowest BCUT2D eigenvalue weighted by Gasteiger charge is -2.23. The monoisotopic (exact) mass is 374 g/mol. The molecule has 0 N–H and O–H groups in total. The molecule has 0 atom stereocenters. The second kappa shape index (κ2) is 7.28. The molecule has 0 saturated heterocycles. The van der Waals surface area contributed by atoms with Crippen LogP contribution < -0.4 is 9.47 Å². The molecule has 1 aliphatic heterocycles. The molecule has 0 spiro atoms. The molecule has 3 heterocycles. The molecular formula is C21H18N4O3. The fourth-order valence-corrected chi connectivity index (χ4v) is 3.45. The van der Waals surface area contributed by atoms with Crippen molar-refractivity contribution < 1.29 is 14.1 Å². The summed E-state index contributed by atoms with van der Waals surface area (Å²) in [4.78, 5) is 6.57. The van der Waals surface area contributed by atoms with Crippen molar-refractivity contribution in [3.63, 3.8) is 0 Å². The summed E-state index contributed by atoms with van der Waals surface area (Å²) in [5.41, 5.74) is 4.93. The molecule has 140 valence electrons. The highest BCUT2D eigenvalue weighted by Crippen LogP contribution is 2.33. The summed E-state index contributed by atoms with van der Waals surface area (Å²) in [6.07, 6.45) is 3.68. The van der Waals surface area contributed by atoms with E-state index >= 15 is 0 Å². The molecule has 7 heteroatoms. The number of hydrogen-bond donors (Lipinski definition) is 0. The van der Waals surface area contributed by atoms with E-state index in [1.165, 1.54) is 0 Å². The van der Waals surface area contributed by atoms with Gasteiger partial charge in [-0.05, 0) is 51.3 Å². The predicted molar refractivity (Wildman–Crippen MR) is 102 cm³/mol. The molecule has 28 heavy (non-hydrogen) atoms. The van der Waals surface area contributed by atoms with Gasteiger partial charge in [-0.1, -0.05) is 24.3 Å². The van der Waals surface area contributed by atoms with Crippen molar-refractivity contribution in [3.05, 3.63) is 77.6 Å². The topological polar surface area (TPSA) is 73.5 Å². The van der Waals surface area contributed by atoms with Gasteiger partial charge in [0, 0.05) is 32.0 Å². The second-order valence-electron chi connectivity index (χ2n) is 6.74. The summed E-state index contributed by atoms with van der Waals surface area (Å²) in [5, 5.41) is 8.02. The number of hydrogen-bond acceptors (Lipinski definition) is 7. The van der Waals surface area contributed by atoms with E-state index < -0.39 is 0 Å². The summed E-state index contributed by atoms with van der Waals surface area (Å²) in [5.74, 6) is 1.59. The highest BCUT2D eigenvalue weighted by molar-refractivity contribution is 5.76. The van der Waals surface area contributed by atoms with Gasteiger partial charge in [0.05, 0.1) is 0 Å². The summed E-state index contributed by atoms with van der Waals surface area (Å²) in [6.45, 7) is 2.48. The van der Waals surface area contributed by atoms with Gasteiger partial charge >= 0.3 is 0 Å². The van der Waals surface area contributed by atoms with Gasteiger partial charge in [0.2, 0.25) is 6.79 Å². The minimum absolute atomic E-state index is 0.277. The number of pyridine rings is 1. The third-order valence-corrected chi connectivity index (χ3v) is 4.74. The van der Waals surface area contributed by atoms with E-state index in [0.29, 0.717) is 6.54 Å². The minimum atomic E-state index is 0.277. The fourth-order valence-electron chi connectivity index (χ4n) is 3.45. The van der Waals surface area contributed by atoms with Gasteiger partial charge < -0.3 is 9.47 Å². The average molecular weight is 374 g/mol. The van der Waals surface area contributed by atoms with Gasteiger partial charge in [0.15, 0.2) is 11.5 Å². The maximum atomic E-state index is 5.52. The average Bonchev–Trinajstić information content (AvgIpc) is 3.38. The molecule has 0 radical (unpaired) electrons. The van der Waals surface area contributed by atoms with Crippen LogP contribution in [-0.2, 0) is 19.6 Å². The molecule has 1 aliphatic rings. The van der Waals surface area contributed by atoms with Crippen LogP contribution in [0.15, 0.2) is 65.6 Å². The Labute approximate surface area is 161 Å². The lowest BCUT2D eigenvalue weighted by Crippen LogP contribution is -2.22. The van der Waals surface area contributed by atoms with Crippen molar-refractivity contribution in [1.29, 1.82) is 0 Å². The Balaban J connectivity index is 1.43. The van der Waals surface area contributed by atoms with Crippen LogP contribution in [0.5, 0.6) is 11.5 Å². The fraction of sp³-hybridized carbons (Fsp3) is 0.190. The summed E-state index contributed by atoms with van der Waals surface area (Å²) in [6, 6.07) is 16.0. The molecule has 5 rings (SSSR count). The molecule has 4 aromatic rings. The lowest BCUT2D eigenvalue weighted by molar-refractivity contribution is 0.174. The molecule has 2 aromatic heterocycles.